The van der Waals surface area contributed by atoms with Crippen LogP contribution in [0.4, 0.5) is 4.39 Å². The monoisotopic (exact) mass is 280 g/mol. The third-order valence-electron chi connectivity index (χ3n) is 4.09. The first-order valence-corrected chi connectivity index (χ1v) is 7.52. The van der Waals surface area contributed by atoms with Crippen molar-refractivity contribution in [3.8, 4) is 0 Å². The minimum Gasteiger partial charge on any atom is -0.328 e. The summed E-state index contributed by atoms with van der Waals surface area (Å²) >= 11 is 5.84. The van der Waals surface area contributed by atoms with E-state index in [9.17, 15) is 4.39 Å². The maximum Gasteiger partial charge on any atom is 0.125 e. The Morgan fingerprint density at radius 3 is 2.89 bits per heavy atom. The molecule has 1 saturated carbocycles. The van der Waals surface area contributed by atoms with Crippen molar-refractivity contribution < 1.29 is 4.39 Å². The maximum absolute atomic E-state index is 13.3. The van der Waals surface area contributed by atoms with Crippen LogP contribution in [0.5, 0.6) is 0 Å². The molecule has 1 heterocycles. The second kappa shape index (κ2) is 5.49. The third kappa shape index (κ3) is 2.62. The number of alkyl halides is 1. The van der Waals surface area contributed by atoms with Gasteiger partial charge in [0.15, 0.2) is 0 Å². The Hall–Kier alpha value is -1.09. The summed E-state index contributed by atoms with van der Waals surface area (Å²) in [5, 5.41) is 0. The Morgan fingerprint density at radius 1 is 1.37 bits per heavy atom. The van der Waals surface area contributed by atoms with Crippen LogP contribution in [0, 0.1) is 11.7 Å². The molecule has 4 heteroatoms. The minimum atomic E-state index is -0.228. The summed E-state index contributed by atoms with van der Waals surface area (Å²) in [5.41, 5.74) is 1.77. The van der Waals surface area contributed by atoms with E-state index in [1.54, 1.807) is 0 Å². The number of fused-ring (bicyclic) bond motifs is 1. The van der Waals surface area contributed by atoms with Gasteiger partial charge >= 0.3 is 0 Å². The normalized spacial score (nSPS) is 15.9. The van der Waals surface area contributed by atoms with Crippen molar-refractivity contribution in [1.29, 1.82) is 0 Å². The summed E-state index contributed by atoms with van der Waals surface area (Å²) in [6, 6.07) is 4.84. The molecule has 1 aliphatic rings. The van der Waals surface area contributed by atoms with Crippen molar-refractivity contribution in [1.82, 2.24) is 9.55 Å². The Morgan fingerprint density at radius 2 is 2.21 bits per heavy atom. The average molecular weight is 281 g/mol. The minimum absolute atomic E-state index is 0.228. The number of hydrogen-bond donors (Lipinski definition) is 0. The van der Waals surface area contributed by atoms with Crippen LogP contribution in [-0.4, -0.2) is 15.4 Å². The van der Waals surface area contributed by atoms with Gasteiger partial charge in [-0.25, -0.2) is 9.37 Å². The topological polar surface area (TPSA) is 17.8 Å². The molecule has 0 atom stereocenters. The van der Waals surface area contributed by atoms with E-state index in [0.29, 0.717) is 5.88 Å². The van der Waals surface area contributed by atoms with Crippen LogP contribution in [0.2, 0.25) is 0 Å². The standard InChI is InChI=1S/C15H18ClFN2/c16-8-6-15-18-13-10-12(17)4-5-14(13)19(15)9-7-11-2-1-3-11/h4-5,10-11H,1-3,6-9H2. The van der Waals surface area contributed by atoms with Crippen molar-refractivity contribution in [2.24, 2.45) is 5.92 Å². The SMILES string of the molecule is Fc1ccc2c(c1)nc(CCCl)n2CCC1CCC1. The zero-order valence-corrected chi connectivity index (χ0v) is 11.7. The fraction of sp³-hybridized carbons (Fsp3) is 0.533. The molecule has 1 aliphatic carbocycles. The van der Waals surface area contributed by atoms with Crippen molar-refractivity contribution >= 4 is 22.6 Å². The van der Waals surface area contributed by atoms with E-state index in [4.69, 9.17) is 11.6 Å². The molecule has 0 amide bonds. The van der Waals surface area contributed by atoms with Crippen LogP contribution in [0.15, 0.2) is 18.2 Å². The van der Waals surface area contributed by atoms with E-state index in [1.807, 2.05) is 6.07 Å². The molecule has 19 heavy (non-hydrogen) atoms. The number of aryl methyl sites for hydroxylation is 2. The highest BCUT2D eigenvalue weighted by atomic mass is 35.5. The Kier molecular flexibility index (Phi) is 3.74. The summed E-state index contributed by atoms with van der Waals surface area (Å²) in [6.07, 6.45) is 6.01. The van der Waals surface area contributed by atoms with Crippen LogP contribution in [0.3, 0.4) is 0 Å². The first-order valence-electron chi connectivity index (χ1n) is 6.98. The van der Waals surface area contributed by atoms with Gasteiger partial charge in [-0.05, 0) is 24.5 Å². The van der Waals surface area contributed by atoms with Crippen molar-refractivity contribution in [3.63, 3.8) is 0 Å². The largest absolute Gasteiger partial charge is 0.328 e. The fourth-order valence-corrected chi connectivity index (χ4v) is 2.94. The number of rotatable bonds is 5. The van der Waals surface area contributed by atoms with E-state index >= 15 is 0 Å². The molecule has 0 N–H and O–H groups in total. The van der Waals surface area contributed by atoms with Crippen LogP contribution in [-0.2, 0) is 13.0 Å². The first-order chi connectivity index (χ1) is 9.28. The number of imidazole rings is 1. The molecule has 2 nitrogen and oxygen atoms in total. The lowest BCUT2D eigenvalue weighted by molar-refractivity contribution is 0.282. The smallest absolute Gasteiger partial charge is 0.125 e. The first kappa shape index (κ1) is 12.9. The van der Waals surface area contributed by atoms with Crippen LogP contribution in [0.25, 0.3) is 11.0 Å². The second-order valence-electron chi connectivity index (χ2n) is 5.34. The highest BCUT2D eigenvalue weighted by Gasteiger charge is 2.18. The predicted molar refractivity (Wildman–Crippen MR) is 76.1 cm³/mol. The fourth-order valence-electron chi connectivity index (χ4n) is 2.77. The second-order valence-corrected chi connectivity index (χ2v) is 5.72. The molecule has 0 spiro atoms. The predicted octanol–water partition coefficient (Wildman–Crippen LogP) is 4.15. The summed E-state index contributed by atoms with van der Waals surface area (Å²) in [5.74, 6) is 2.17. The lowest BCUT2D eigenvalue weighted by Gasteiger charge is -2.25. The quantitative estimate of drug-likeness (QED) is 0.753. The maximum atomic E-state index is 13.3. The van der Waals surface area contributed by atoms with E-state index < -0.39 is 0 Å². The molecule has 0 bridgehead atoms. The molecule has 1 aromatic carbocycles. The third-order valence-corrected chi connectivity index (χ3v) is 4.28. The van der Waals surface area contributed by atoms with Gasteiger partial charge in [-0.2, -0.15) is 0 Å². The van der Waals surface area contributed by atoms with Gasteiger partial charge in [0.1, 0.15) is 11.6 Å². The Bertz CT molecular complexity index is 575. The zero-order chi connectivity index (χ0) is 13.2. The molecule has 3 rings (SSSR count). The van der Waals surface area contributed by atoms with Gasteiger partial charge < -0.3 is 4.57 Å². The molecule has 0 aliphatic heterocycles. The lowest BCUT2D eigenvalue weighted by Crippen LogP contribution is -2.15. The van der Waals surface area contributed by atoms with E-state index in [2.05, 4.69) is 9.55 Å². The lowest BCUT2D eigenvalue weighted by atomic mass is 9.83. The summed E-state index contributed by atoms with van der Waals surface area (Å²) < 4.78 is 15.5. The summed E-state index contributed by atoms with van der Waals surface area (Å²) in [7, 11) is 0. The Labute approximate surface area is 117 Å². The van der Waals surface area contributed by atoms with Gasteiger partial charge in [0.05, 0.1) is 11.0 Å². The Balaban J connectivity index is 1.90. The van der Waals surface area contributed by atoms with Gasteiger partial charge in [-0.1, -0.05) is 19.3 Å². The number of nitrogens with zero attached hydrogens (tertiary/aromatic N) is 2. The molecule has 0 saturated heterocycles. The molecular weight excluding hydrogens is 263 g/mol. The van der Waals surface area contributed by atoms with Crippen molar-refractivity contribution in [2.45, 2.75) is 38.6 Å². The highest BCUT2D eigenvalue weighted by Crippen LogP contribution is 2.30. The summed E-state index contributed by atoms with van der Waals surface area (Å²) in [6.45, 7) is 0.971. The van der Waals surface area contributed by atoms with Gasteiger partial charge in [0.2, 0.25) is 0 Å². The van der Waals surface area contributed by atoms with Crippen molar-refractivity contribution in [3.05, 3.63) is 29.8 Å². The highest BCUT2D eigenvalue weighted by molar-refractivity contribution is 6.17. The van der Waals surface area contributed by atoms with Crippen LogP contribution >= 0.6 is 11.6 Å². The van der Waals surface area contributed by atoms with Gasteiger partial charge in [0.25, 0.3) is 0 Å². The van der Waals surface area contributed by atoms with Crippen molar-refractivity contribution in [2.75, 3.05) is 5.88 Å². The number of hydrogen-bond acceptors (Lipinski definition) is 1. The van der Waals surface area contributed by atoms with Gasteiger partial charge in [-0.3, -0.25) is 0 Å². The van der Waals surface area contributed by atoms with E-state index in [0.717, 1.165) is 35.7 Å². The van der Waals surface area contributed by atoms with E-state index in [1.165, 1.54) is 37.8 Å². The molecule has 1 fully saturated rings. The molecular formula is C15H18ClFN2. The van der Waals surface area contributed by atoms with Crippen LogP contribution < -0.4 is 0 Å². The van der Waals surface area contributed by atoms with E-state index in [-0.39, 0.29) is 5.82 Å². The molecule has 1 aromatic heterocycles. The zero-order valence-electron chi connectivity index (χ0n) is 10.9. The number of halogens is 2. The van der Waals surface area contributed by atoms with Gasteiger partial charge in [0, 0.05) is 24.9 Å². The molecule has 0 radical (unpaired) electrons. The molecule has 0 unspecified atom stereocenters. The number of aromatic nitrogens is 2. The number of benzene rings is 1. The van der Waals surface area contributed by atoms with Gasteiger partial charge in [-0.15, -0.1) is 11.6 Å². The molecule has 102 valence electrons. The average Bonchev–Trinajstić information content (AvgIpc) is 2.65. The summed E-state index contributed by atoms with van der Waals surface area (Å²) in [4.78, 5) is 4.52. The van der Waals surface area contributed by atoms with Crippen LogP contribution in [0.1, 0.15) is 31.5 Å². The molecule has 2 aromatic rings.